The molecule has 1 unspecified atom stereocenters. The van der Waals surface area contributed by atoms with E-state index in [1.807, 2.05) is 0 Å². The van der Waals surface area contributed by atoms with Gasteiger partial charge in [0.1, 0.15) is 0 Å². The van der Waals surface area contributed by atoms with E-state index in [-0.39, 0.29) is 6.10 Å². The van der Waals surface area contributed by atoms with E-state index in [0.717, 1.165) is 48.3 Å². The molecule has 3 fully saturated rings. The first-order valence-corrected chi connectivity index (χ1v) is 21.7. The fourth-order valence-corrected chi connectivity index (χ4v) is 12.0. The maximum Gasteiger partial charge on any atom is 0.0577 e. The fourth-order valence-electron chi connectivity index (χ4n) is 12.0. The summed E-state index contributed by atoms with van der Waals surface area (Å²) in [5, 5.41) is 10.4. The average Bonchev–Trinajstić information content (AvgIpc) is 3.40. The minimum Gasteiger partial charge on any atom is -0.393 e. The first kappa shape index (κ1) is 38.5. The van der Waals surface area contributed by atoms with Crippen LogP contribution in [0, 0.1) is 46.3 Å². The molecule has 0 aromatic heterocycles. The Morgan fingerprint density at radius 1 is 0.652 bits per heavy atom. The number of allylic oxidation sites excluding steroid dienone is 1. The third-order valence-electron chi connectivity index (χ3n) is 15.0. The molecular formula is C45H82O. The second-order valence-corrected chi connectivity index (χ2v) is 18.3. The largest absolute Gasteiger partial charge is 0.393 e. The van der Waals surface area contributed by atoms with E-state index < -0.39 is 0 Å². The minimum absolute atomic E-state index is 0.0806. The minimum atomic E-state index is -0.0806. The van der Waals surface area contributed by atoms with Crippen molar-refractivity contribution in [3.8, 4) is 0 Å². The fraction of sp³-hybridized carbons (Fsp3) is 0.956. The third-order valence-corrected chi connectivity index (χ3v) is 15.0. The van der Waals surface area contributed by atoms with Crippen LogP contribution in [-0.2, 0) is 0 Å². The molecule has 4 rings (SSSR count). The van der Waals surface area contributed by atoms with Crippen LogP contribution in [0.3, 0.4) is 0 Å². The zero-order chi connectivity index (χ0) is 32.8. The third kappa shape index (κ3) is 10.6. The molecule has 268 valence electrons. The molecule has 1 N–H and O–H groups in total. The highest BCUT2D eigenvalue weighted by Gasteiger charge is 2.59. The van der Waals surface area contributed by atoms with Gasteiger partial charge in [0.2, 0.25) is 0 Å². The molecule has 0 aliphatic heterocycles. The number of hydrogen-bond donors (Lipinski definition) is 1. The number of hydrogen-bond acceptors (Lipinski definition) is 1. The summed E-state index contributed by atoms with van der Waals surface area (Å²) >= 11 is 0. The number of rotatable bonds is 23. The van der Waals surface area contributed by atoms with Gasteiger partial charge in [0.15, 0.2) is 0 Å². The molecule has 4 aliphatic carbocycles. The zero-order valence-electron chi connectivity index (χ0n) is 32.1. The van der Waals surface area contributed by atoms with Gasteiger partial charge in [-0.15, -0.1) is 0 Å². The van der Waals surface area contributed by atoms with Gasteiger partial charge in [-0.3, -0.25) is 0 Å². The van der Waals surface area contributed by atoms with Gasteiger partial charge in [-0.2, -0.15) is 0 Å². The van der Waals surface area contributed by atoms with Crippen LogP contribution in [0.25, 0.3) is 0 Å². The molecule has 0 saturated heterocycles. The van der Waals surface area contributed by atoms with Crippen molar-refractivity contribution in [1.29, 1.82) is 0 Å². The molecule has 0 spiro atoms. The van der Waals surface area contributed by atoms with Gasteiger partial charge in [-0.1, -0.05) is 181 Å². The highest BCUT2D eigenvalue weighted by Crippen LogP contribution is 2.67. The molecule has 1 nitrogen and oxygen atoms in total. The smallest absolute Gasteiger partial charge is 0.0577 e. The quantitative estimate of drug-likeness (QED) is 0.0872. The summed E-state index contributed by atoms with van der Waals surface area (Å²) in [4.78, 5) is 0. The van der Waals surface area contributed by atoms with Crippen molar-refractivity contribution in [3.05, 3.63) is 11.6 Å². The second kappa shape index (κ2) is 19.8. The lowest BCUT2D eigenvalue weighted by Gasteiger charge is -2.58. The molecule has 9 atom stereocenters. The monoisotopic (exact) mass is 639 g/mol. The summed E-state index contributed by atoms with van der Waals surface area (Å²) in [5.41, 5.74) is 2.59. The van der Waals surface area contributed by atoms with Gasteiger partial charge in [-0.25, -0.2) is 0 Å². The summed E-state index contributed by atoms with van der Waals surface area (Å²) in [5.74, 6) is 5.49. The Bertz CT molecular complexity index is 859. The standard InChI is InChI=1S/C45H82O/c1-6-7-8-9-10-11-12-13-14-15-16-17-18-19-20-21-22-24-36(2)25-23-26-37(3)41-29-30-42-40-28-27-38-35-39(46)31-33-44(38,4)43(40)32-34-45(41,42)5/h27,36-37,39-43,46H,6-26,28-35H2,1-5H3/t36?,37-,39+,40+,41-,42+,43+,44+,45-/m1/s1. The predicted molar refractivity (Wildman–Crippen MR) is 202 cm³/mol. The lowest BCUT2D eigenvalue weighted by atomic mass is 9.47. The Hall–Kier alpha value is -0.300. The first-order chi connectivity index (χ1) is 22.3. The summed E-state index contributed by atoms with van der Waals surface area (Å²) in [6.45, 7) is 12.8. The van der Waals surface area contributed by atoms with E-state index in [4.69, 9.17) is 0 Å². The van der Waals surface area contributed by atoms with E-state index in [1.165, 1.54) is 173 Å². The summed E-state index contributed by atoms with van der Waals surface area (Å²) in [7, 11) is 0. The molecule has 46 heavy (non-hydrogen) atoms. The first-order valence-electron chi connectivity index (χ1n) is 21.7. The van der Waals surface area contributed by atoms with Gasteiger partial charge >= 0.3 is 0 Å². The van der Waals surface area contributed by atoms with Crippen LogP contribution in [0.1, 0.15) is 221 Å². The summed E-state index contributed by atoms with van der Waals surface area (Å²) < 4.78 is 0. The van der Waals surface area contributed by atoms with Crippen LogP contribution in [-0.4, -0.2) is 11.2 Å². The highest BCUT2D eigenvalue weighted by atomic mass is 16.3. The summed E-state index contributed by atoms with van der Waals surface area (Å²) in [6.07, 6.45) is 43.8. The Morgan fingerprint density at radius 2 is 1.22 bits per heavy atom. The molecule has 0 aromatic rings. The molecular weight excluding hydrogens is 556 g/mol. The maximum atomic E-state index is 10.4. The highest BCUT2D eigenvalue weighted by molar-refractivity contribution is 5.25. The van der Waals surface area contributed by atoms with Crippen LogP contribution in [0.15, 0.2) is 11.6 Å². The molecule has 0 radical (unpaired) electrons. The van der Waals surface area contributed by atoms with Crippen LogP contribution in [0.2, 0.25) is 0 Å². The second-order valence-electron chi connectivity index (χ2n) is 18.3. The molecule has 0 amide bonds. The topological polar surface area (TPSA) is 20.2 Å². The van der Waals surface area contributed by atoms with E-state index in [2.05, 4.69) is 40.7 Å². The SMILES string of the molecule is CCCCCCCCCCCCCCCCCCCC(C)CCC[C@@H](C)[C@H]1CC[C@H]2[C@@H]3CC=C4C[C@@H](O)CC[C@]4(C)[C@H]3CC[C@]12C. The molecule has 1 heteroatoms. The molecule has 3 saturated carbocycles. The van der Waals surface area contributed by atoms with Crippen molar-refractivity contribution < 1.29 is 5.11 Å². The Morgan fingerprint density at radius 3 is 1.83 bits per heavy atom. The average molecular weight is 639 g/mol. The van der Waals surface area contributed by atoms with Crippen molar-refractivity contribution in [2.75, 3.05) is 0 Å². The Balaban J connectivity index is 1.00. The van der Waals surface area contributed by atoms with Crippen LogP contribution in [0.4, 0.5) is 0 Å². The van der Waals surface area contributed by atoms with Crippen LogP contribution >= 0.6 is 0 Å². The number of fused-ring (bicyclic) bond motifs is 5. The Labute approximate surface area is 289 Å². The molecule has 4 aliphatic rings. The number of aliphatic hydroxyl groups excluding tert-OH is 1. The van der Waals surface area contributed by atoms with Crippen LogP contribution in [0.5, 0.6) is 0 Å². The van der Waals surface area contributed by atoms with E-state index in [1.54, 1.807) is 5.57 Å². The number of unbranched alkanes of at least 4 members (excludes halogenated alkanes) is 16. The Kier molecular flexibility index (Phi) is 16.6. The lowest BCUT2D eigenvalue weighted by Crippen LogP contribution is -2.50. The van der Waals surface area contributed by atoms with E-state index in [9.17, 15) is 5.11 Å². The van der Waals surface area contributed by atoms with E-state index in [0.29, 0.717) is 10.8 Å². The number of aliphatic hydroxyl groups is 1. The van der Waals surface area contributed by atoms with Crippen molar-refractivity contribution >= 4 is 0 Å². The lowest BCUT2D eigenvalue weighted by molar-refractivity contribution is -0.0573. The van der Waals surface area contributed by atoms with Crippen molar-refractivity contribution in [2.24, 2.45) is 46.3 Å². The van der Waals surface area contributed by atoms with Gasteiger partial charge in [0.05, 0.1) is 6.10 Å². The summed E-state index contributed by atoms with van der Waals surface area (Å²) in [6, 6.07) is 0. The van der Waals surface area contributed by atoms with Gasteiger partial charge in [0.25, 0.3) is 0 Å². The van der Waals surface area contributed by atoms with Crippen LogP contribution < -0.4 is 0 Å². The van der Waals surface area contributed by atoms with E-state index >= 15 is 0 Å². The van der Waals surface area contributed by atoms with Gasteiger partial charge in [0, 0.05) is 0 Å². The van der Waals surface area contributed by atoms with Gasteiger partial charge in [-0.05, 0) is 97.7 Å². The van der Waals surface area contributed by atoms with Crippen molar-refractivity contribution in [1.82, 2.24) is 0 Å². The molecule has 0 heterocycles. The van der Waals surface area contributed by atoms with Gasteiger partial charge < -0.3 is 5.11 Å². The maximum absolute atomic E-state index is 10.4. The normalized spacial score (nSPS) is 33.6. The predicted octanol–water partition coefficient (Wildman–Crippen LogP) is 14.4. The van der Waals surface area contributed by atoms with Crippen molar-refractivity contribution in [3.63, 3.8) is 0 Å². The molecule has 0 aromatic carbocycles. The van der Waals surface area contributed by atoms with Crippen molar-refractivity contribution in [2.45, 2.75) is 227 Å². The zero-order valence-corrected chi connectivity index (χ0v) is 32.1. The molecule has 0 bridgehead atoms.